The van der Waals surface area contributed by atoms with Gasteiger partial charge in [0.15, 0.2) is 0 Å². The Hall–Kier alpha value is -3.15. The number of carbonyl (C=O) groups excluding carboxylic acids is 1. The molecule has 29 heavy (non-hydrogen) atoms. The number of aromatic nitrogens is 2. The molecule has 0 saturated heterocycles. The summed E-state index contributed by atoms with van der Waals surface area (Å²) in [5.74, 6) is 0. The third-order valence-corrected chi connectivity index (χ3v) is 4.68. The third-order valence-electron chi connectivity index (χ3n) is 4.68. The number of hydrogen-bond acceptors (Lipinski definition) is 4. The van der Waals surface area contributed by atoms with Crippen molar-refractivity contribution in [1.29, 1.82) is 0 Å². The number of nitrogens with one attached hydrogen (secondary N) is 1. The molecular weight excluding hydrogens is 366 g/mol. The average Bonchev–Trinajstić information content (AvgIpc) is 2.60. The molecule has 0 atom stereocenters. The molecule has 0 spiro atoms. The first-order valence-corrected chi connectivity index (χ1v) is 9.59. The Bertz CT molecular complexity index is 1140. The van der Waals surface area contributed by atoms with Crippen molar-refractivity contribution in [2.24, 2.45) is 7.05 Å². The minimum absolute atomic E-state index is 0.104. The van der Waals surface area contributed by atoms with Crippen LogP contribution in [0.25, 0.3) is 10.8 Å². The average molecular weight is 393 g/mol. The van der Waals surface area contributed by atoms with Crippen molar-refractivity contribution >= 4 is 22.6 Å². The number of hydrogen-bond donors (Lipinski definition) is 1. The quantitative estimate of drug-likeness (QED) is 0.712. The van der Waals surface area contributed by atoms with Crippen LogP contribution in [0.4, 0.5) is 10.5 Å². The minimum Gasteiger partial charge on any atom is -0.444 e. The van der Waals surface area contributed by atoms with E-state index in [9.17, 15) is 9.59 Å². The van der Waals surface area contributed by atoms with Crippen LogP contribution in [0.15, 0.2) is 41.2 Å². The normalized spacial score (nSPS) is 11.5. The lowest BCUT2D eigenvalue weighted by Crippen LogP contribution is -2.27. The van der Waals surface area contributed by atoms with Crippen LogP contribution in [0.3, 0.4) is 0 Å². The van der Waals surface area contributed by atoms with Crippen molar-refractivity contribution in [2.75, 3.05) is 5.32 Å². The van der Waals surface area contributed by atoms with E-state index in [4.69, 9.17) is 4.74 Å². The topological polar surface area (TPSA) is 73.2 Å². The highest BCUT2D eigenvalue weighted by Crippen LogP contribution is 2.22. The Kier molecular flexibility index (Phi) is 5.46. The van der Waals surface area contributed by atoms with Gasteiger partial charge in [-0.1, -0.05) is 12.1 Å². The van der Waals surface area contributed by atoms with Crippen molar-refractivity contribution in [1.82, 2.24) is 9.78 Å². The molecule has 0 saturated carbocycles. The maximum atomic E-state index is 12.5. The predicted molar refractivity (Wildman–Crippen MR) is 116 cm³/mol. The van der Waals surface area contributed by atoms with Gasteiger partial charge in [-0.15, -0.1) is 0 Å². The van der Waals surface area contributed by atoms with E-state index in [1.165, 1.54) is 4.68 Å². The fourth-order valence-corrected chi connectivity index (χ4v) is 3.19. The second-order valence-corrected chi connectivity index (χ2v) is 8.36. The van der Waals surface area contributed by atoms with E-state index < -0.39 is 11.7 Å². The Morgan fingerprint density at radius 1 is 1.10 bits per heavy atom. The molecule has 3 aromatic rings. The van der Waals surface area contributed by atoms with Crippen molar-refractivity contribution in [2.45, 2.75) is 46.6 Å². The van der Waals surface area contributed by atoms with E-state index in [2.05, 4.69) is 10.4 Å². The van der Waals surface area contributed by atoms with Crippen LogP contribution >= 0.6 is 0 Å². The van der Waals surface area contributed by atoms with Gasteiger partial charge in [0.05, 0.1) is 11.1 Å². The lowest BCUT2D eigenvalue weighted by atomic mass is 10.00. The maximum Gasteiger partial charge on any atom is 0.412 e. The van der Waals surface area contributed by atoms with Gasteiger partial charge >= 0.3 is 6.09 Å². The van der Waals surface area contributed by atoms with E-state index in [-0.39, 0.29) is 5.56 Å². The Labute approximate surface area is 170 Å². The molecule has 1 heterocycles. The number of carbonyl (C=O) groups is 1. The molecule has 0 fully saturated rings. The summed E-state index contributed by atoms with van der Waals surface area (Å²) in [6, 6.07) is 11.5. The first-order valence-electron chi connectivity index (χ1n) is 9.59. The van der Waals surface area contributed by atoms with Crippen LogP contribution in [0.5, 0.6) is 0 Å². The number of fused-ring (bicyclic) bond motifs is 1. The van der Waals surface area contributed by atoms with E-state index >= 15 is 0 Å². The van der Waals surface area contributed by atoms with Gasteiger partial charge < -0.3 is 4.74 Å². The summed E-state index contributed by atoms with van der Waals surface area (Å²) in [6.45, 7) is 9.50. The summed E-state index contributed by atoms with van der Waals surface area (Å²) in [5, 5.41) is 8.79. The van der Waals surface area contributed by atoms with E-state index in [1.807, 2.05) is 71.0 Å². The van der Waals surface area contributed by atoms with Crippen molar-refractivity contribution in [3.8, 4) is 0 Å². The molecule has 152 valence electrons. The summed E-state index contributed by atoms with van der Waals surface area (Å²) < 4.78 is 6.69. The highest BCUT2D eigenvalue weighted by atomic mass is 16.6. The summed E-state index contributed by atoms with van der Waals surface area (Å²) in [6.07, 6.45) is 0.0446. The van der Waals surface area contributed by atoms with Crippen LogP contribution in [-0.4, -0.2) is 21.5 Å². The van der Waals surface area contributed by atoms with Crippen LogP contribution in [0.2, 0.25) is 0 Å². The number of amides is 1. The van der Waals surface area contributed by atoms with Crippen molar-refractivity contribution in [3.63, 3.8) is 0 Å². The molecule has 0 aliphatic heterocycles. The monoisotopic (exact) mass is 393 g/mol. The Morgan fingerprint density at radius 2 is 1.76 bits per heavy atom. The summed E-state index contributed by atoms with van der Waals surface area (Å²) >= 11 is 0. The number of aryl methyl sites for hydroxylation is 3. The van der Waals surface area contributed by atoms with Gasteiger partial charge in [-0.3, -0.25) is 10.1 Å². The molecule has 3 rings (SSSR count). The van der Waals surface area contributed by atoms with Crippen molar-refractivity contribution in [3.05, 3.63) is 69.1 Å². The van der Waals surface area contributed by atoms with Gasteiger partial charge in [-0.2, -0.15) is 5.10 Å². The number of anilines is 1. The van der Waals surface area contributed by atoms with Gasteiger partial charge in [-0.25, -0.2) is 9.48 Å². The predicted octanol–water partition coefficient (Wildman–Crippen LogP) is 4.49. The first kappa shape index (κ1) is 20.6. The molecule has 2 aromatic carbocycles. The number of rotatable bonds is 3. The smallest absolute Gasteiger partial charge is 0.412 e. The minimum atomic E-state index is -0.560. The summed E-state index contributed by atoms with van der Waals surface area (Å²) in [5.41, 5.74) is 3.98. The second-order valence-electron chi connectivity index (χ2n) is 8.36. The highest BCUT2D eigenvalue weighted by Gasteiger charge is 2.16. The van der Waals surface area contributed by atoms with Gasteiger partial charge in [0.2, 0.25) is 0 Å². The molecule has 6 heteroatoms. The highest BCUT2D eigenvalue weighted by molar-refractivity contribution is 5.86. The summed E-state index contributed by atoms with van der Waals surface area (Å²) in [4.78, 5) is 24.6. The molecule has 0 bridgehead atoms. The Balaban J connectivity index is 1.94. The van der Waals surface area contributed by atoms with Crippen LogP contribution in [0, 0.1) is 13.8 Å². The zero-order valence-corrected chi connectivity index (χ0v) is 17.8. The third kappa shape index (κ3) is 4.83. The molecule has 0 aliphatic carbocycles. The number of nitrogens with zero attached hydrogens (tertiary/aromatic N) is 2. The van der Waals surface area contributed by atoms with Crippen LogP contribution in [-0.2, 0) is 18.2 Å². The fraction of sp³-hybridized carbons (Fsp3) is 0.348. The number of ether oxygens (including phenoxy) is 1. The van der Waals surface area contributed by atoms with E-state index in [0.29, 0.717) is 17.5 Å². The molecule has 1 aromatic heterocycles. The zero-order valence-electron chi connectivity index (χ0n) is 17.8. The zero-order chi connectivity index (χ0) is 21.3. The molecule has 6 nitrogen and oxygen atoms in total. The lowest BCUT2D eigenvalue weighted by Gasteiger charge is -2.19. The molecule has 0 radical (unpaired) electrons. The molecule has 1 N–H and O–H groups in total. The van der Waals surface area contributed by atoms with Crippen LogP contribution < -0.4 is 10.9 Å². The second kappa shape index (κ2) is 7.70. The van der Waals surface area contributed by atoms with Gasteiger partial charge in [-0.05, 0) is 75.6 Å². The molecule has 1 amide bonds. The standard InChI is InChI=1S/C23H27N3O3/c1-14-10-18-19(11-15(14)2)21(27)26(6)25-20(18)13-16-8-7-9-17(12-16)24-22(28)29-23(3,4)5/h7-12H,13H2,1-6H3,(H,24,28). The number of benzene rings is 2. The van der Waals surface area contributed by atoms with Gasteiger partial charge in [0.1, 0.15) is 5.60 Å². The molecule has 0 unspecified atom stereocenters. The van der Waals surface area contributed by atoms with Crippen molar-refractivity contribution < 1.29 is 9.53 Å². The lowest BCUT2D eigenvalue weighted by molar-refractivity contribution is 0.0636. The SMILES string of the molecule is Cc1cc2c(Cc3cccc(NC(=O)OC(C)(C)C)c3)nn(C)c(=O)c2cc1C. The van der Waals surface area contributed by atoms with E-state index in [1.54, 1.807) is 7.05 Å². The van der Waals surface area contributed by atoms with E-state index in [0.717, 1.165) is 27.8 Å². The maximum absolute atomic E-state index is 12.5. The fourth-order valence-electron chi connectivity index (χ4n) is 3.19. The molecule has 0 aliphatic rings. The summed E-state index contributed by atoms with van der Waals surface area (Å²) in [7, 11) is 1.67. The molecular formula is C23H27N3O3. The Morgan fingerprint density at radius 3 is 2.41 bits per heavy atom. The first-order chi connectivity index (χ1) is 13.5. The van der Waals surface area contributed by atoms with Gasteiger partial charge in [0, 0.05) is 24.5 Å². The van der Waals surface area contributed by atoms with Gasteiger partial charge in [0.25, 0.3) is 5.56 Å². The van der Waals surface area contributed by atoms with Crippen LogP contribution in [0.1, 0.15) is 43.2 Å². The largest absolute Gasteiger partial charge is 0.444 e.